The first-order valence-corrected chi connectivity index (χ1v) is 8.84. The standard InChI is InChI=1S/C19H16BrN3O4/c1-2-9-27-16-6-3-13(4-7-16)10-14(12-21)19(24)22-18-8-5-15(23(25)26)11-17(18)20/h3-8,10-11H,2,9H2,1H3,(H,22,24). The fourth-order valence-corrected chi connectivity index (χ4v) is 2.57. The van der Waals surface area contributed by atoms with Gasteiger partial charge < -0.3 is 10.1 Å². The van der Waals surface area contributed by atoms with Crippen LogP contribution in [0.25, 0.3) is 6.08 Å². The first-order chi connectivity index (χ1) is 12.9. The molecule has 7 nitrogen and oxygen atoms in total. The molecule has 0 aliphatic heterocycles. The molecule has 1 N–H and O–H groups in total. The van der Waals surface area contributed by atoms with E-state index in [1.54, 1.807) is 24.3 Å². The van der Waals surface area contributed by atoms with Crippen LogP contribution in [0.2, 0.25) is 0 Å². The minimum Gasteiger partial charge on any atom is -0.494 e. The van der Waals surface area contributed by atoms with Gasteiger partial charge in [0.15, 0.2) is 0 Å². The summed E-state index contributed by atoms with van der Waals surface area (Å²) in [5.41, 5.74) is 0.798. The highest BCUT2D eigenvalue weighted by Gasteiger charge is 2.14. The van der Waals surface area contributed by atoms with E-state index < -0.39 is 10.8 Å². The van der Waals surface area contributed by atoms with Crippen molar-refractivity contribution in [1.29, 1.82) is 5.26 Å². The van der Waals surface area contributed by atoms with Crippen molar-refractivity contribution in [3.8, 4) is 11.8 Å². The van der Waals surface area contributed by atoms with E-state index in [0.29, 0.717) is 28.1 Å². The molecule has 138 valence electrons. The number of non-ortho nitro benzene ring substituents is 1. The molecule has 0 fully saturated rings. The third-order valence-electron chi connectivity index (χ3n) is 3.44. The van der Waals surface area contributed by atoms with Crippen molar-refractivity contribution in [3.63, 3.8) is 0 Å². The summed E-state index contributed by atoms with van der Waals surface area (Å²) in [4.78, 5) is 22.6. The predicted octanol–water partition coefficient (Wildman–Crippen LogP) is 4.69. The number of nitriles is 1. The Balaban J connectivity index is 2.15. The molecule has 0 radical (unpaired) electrons. The van der Waals surface area contributed by atoms with E-state index in [1.807, 2.05) is 13.0 Å². The van der Waals surface area contributed by atoms with E-state index in [2.05, 4.69) is 21.2 Å². The van der Waals surface area contributed by atoms with Crippen LogP contribution in [0.3, 0.4) is 0 Å². The molecule has 1 amide bonds. The van der Waals surface area contributed by atoms with Crippen LogP contribution in [0.1, 0.15) is 18.9 Å². The topological polar surface area (TPSA) is 105 Å². The van der Waals surface area contributed by atoms with Crippen molar-refractivity contribution in [2.24, 2.45) is 0 Å². The molecule has 2 aromatic carbocycles. The highest BCUT2D eigenvalue weighted by atomic mass is 79.9. The van der Waals surface area contributed by atoms with Crippen LogP contribution >= 0.6 is 15.9 Å². The van der Waals surface area contributed by atoms with Crippen molar-refractivity contribution in [2.75, 3.05) is 11.9 Å². The molecule has 0 spiro atoms. The zero-order valence-corrected chi connectivity index (χ0v) is 16.0. The minimum absolute atomic E-state index is 0.0949. The Kier molecular flexibility index (Phi) is 7.08. The molecular weight excluding hydrogens is 414 g/mol. The number of carbonyl (C=O) groups is 1. The van der Waals surface area contributed by atoms with Crippen LogP contribution in [-0.2, 0) is 4.79 Å². The molecule has 0 aromatic heterocycles. The van der Waals surface area contributed by atoms with Gasteiger partial charge in [-0.15, -0.1) is 0 Å². The van der Waals surface area contributed by atoms with Crippen molar-refractivity contribution in [1.82, 2.24) is 0 Å². The second-order valence-corrected chi connectivity index (χ2v) is 6.32. The molecule has 0 saturated carbocycles. The summed E-state index contributed by atoms with van der Waals surface area (Å²) in [6.07, 6.45) is 2.36. The Morgan fingerprint density at radius 1 is 1.33 bits per heavy atom. The number of rotatable bonds is 7. The highest BCUT2D eigenvalue weighted by Crippen LogP contribution is 2.27. The van der Waals surface area contributed by atoms with Gasteiger partial charge in [0.2, 0.25) is 0 Å². The lowest BCUT2D eigenvalue weighted by Crippen LogP contribution is -2.13. The van der Waals surface area contributed by atoms with Gasteiger partial charge in [0.1, 0.15) is 17.4 Å². The third kappa shape index (κ3) is 5.66. The maximum Gasteiger partial charge on any atom is 0.270 e. The summed E-state index contributed by atoms with van der Waals surface area (Å²) in [5.74, 6) is 0.102. The number of hydrogen-bond acceptors (Lipinski definition) is 5. The van der Waals surface area contributed by atoms with Crippen LogP contribution in [0.4, 0.5) is 11.4 Å². The van der Waals surface area contributed by atoms with E-state index in [0.717, 1.165) is 6.42 Å². The molecule has 2 rings (SSSR count). The molecular formula is C19H16BrN3O4. The Hall–Kier alpha value is -3.18. The maximum absolute atomic E-state index is 12.3. The second kappa shape index (κ2) is 9.50. The first kappa shape index (κ1) is 20.1. The molecule has 8 heteroatoms. The number of anilines is 1. The summed E-state index contributed by atoms with van der Waals surface area (Å²) in [6, 6.07) is 12.8. The molecule has 0 unspecified atom stereocenters. The highest BCUT2D eigenvalue weighted by molar-refractivity contribution is 9.10. The number of carbonyl (C=O) groups excluding carboxylic acids is 1. The monoisotopic (exact) mass is 429 g/mol. The van der Waals surface area contributed by atoms with Gasteiger partial charge >= 0.3 is 0 Å². The van der Waals surface area contributed by atoms with Crippen molar-refractivity contribution < 1.29 is 14.5 Å². The summed E-state index contributed by atoms with van der Waals surface area (Å²) in [7, 11) is 0. The number of nitro benzene ring substituents is 1. The molecule has 0 bridgehead atoms. The van der Waals surface area contributed by atoms with E-state index in [9.17, 15) is 20.2 Å². The molecule has 2 aromatic rings. The smallest absolute Gasteiger partial charge is 0.270 e. The van der Waals surface area contributed by atoms with Crippen LogP contribution in [0.5, 0.6) is 5.75 Å². The van der Waals surface area contributed by atoms with Gasteiger partial charge in [-0.25, -0.2) is 0 Å². The fourth-order valence-electron chi connectivity index (χ4n) is 2.10. The van der Waals surface area contributed by atoms with E-state index >= 15 is 0 Å². The van der Waals surface area contributed by atoms with Gasteiger partial charge in [0.05, 0.1) is 17.2 Å². The van der Waals surface area contributed by atoms with E-state index in [4.69, 9.17) is 4.74 Å². The van der Waals surface area contributed by atoms with Crippen LogP contribution in [0.15, 0.2) is 52.5 Å². The van der Waals surface area contributed by atoms with Crippen molar-refractivity contribution in [2.45, 2.75) is 13.3 Å². The summed E-state index contributed by atoms with van der Waals surface area (Å²) in [5, 5.41) is 22.6. The number of nitrogens with zero attached hydrogens (tertiary/aromatic N) is 2. The number of halogens is 1. The van der Waals surface area contributed by atoms with Crippen LogP contribution in [0, 0.1) is 21.4 Å². The van der Waals surface area contributed by atoms with Crippen LogP contribution in [-0.4, -0.2) is 17.4 Å². The summed E-state index contributed by atoms with van der Waals surface area (Å²) < 4.78 is 5.84. The molecule has 27 heavy (non-hydrogen) atoms. The van der Waals surface area contributed by atoms with Gasteiger partial charge in [0, 0.05) is 16.6 Å². The average Bonchev–Trinajstić information content (AvgIpc) is 2.66. The minimum atomic E-state index is -0.613. The normalized spacial score (nSPS) is 10.8. The van der Waals surface area contributed by atoms with Gasteiger partial charge in [-0.2, -0.15) is 5.26 Å². The van der Waals surface area contributed by atoms with Gasteiger partial charge in [0.25, 0.3) is 11.6 Å². The lowest BCUT2D eigenvalue weighted by Gasteiger charge is -2.07. The predicted molar refractivity (Wildman–Crippen MR) is 105 cm³/mol. The lowest BCUT2D eigenvalue weighted by atomic mass is 10.1. The lowest BCUT2D eigenvalue weighted by molar-refractivity contribution is -0.384. The molecule has 0 saturated heterocycles. The molecule has 0 aliphatic rings. The van der Waals surface area contributed by atoms with Gasteiger partial charge in [-0.3, -0.25) is 14.9 Å². The Morgan fingerprint density at radius 2 is 2.04 bits per heavy atom. The zero-order chi connectivity index (χ0) is 19.8. The number of nitro groups is 1. The molecule has 0 heterocycles. The first-order valence-electron chi connectivity index (χ1n) is 8.04. The van der Waals surface area contributed by atoms with Gasteiger partial charge in [-0.1, -0.05) is 19.1 Å². The number of hydrogen-bond donors (Lipinski definition) is 1. The average molecular weight is 430 g/mol. The van der Waals surface area contributed by atoms with Gasteiger partial charge in [-0.05, 0) is 52.2 Å². The number of amides is 1. The Labute approximate surface area is 164 Å². The Morgan fingerprint density at radius 3 is 2.59 bits per heavy atom. The maximum atomic E-state index is 12.3. The SMILES string of the molecule is CCCOc1ccc(C=C(C#N)C(=O)Nc2ccc([N+](=O)[O-])cc2Br)cc1. The van der Waals surface area contributed by atoms with Crippen molar-refractivity contribution in [3.05, 3.63) is 68.2 Å². The van der Waals surface area contributed by atoms with E-state index in [-0.39, 0.29) is 11.3 Å². The fraction of sp³-hybridized carbons (Fsp3) is 0.158. The largest absolute Gasteiger partial charge is 0.494 e. The number of nitrogens with one attached hydrogen (secondary N) is 1. The Bertz CT molecular complexity index is 918. The van der Waals surface area contributed by atoms with Crippen LogP contribution < -0.4 is 10.1 Å². The number of benzene rings is 2. The summed E-state index contributed by atoms with van der Waals surface area (Å²) in [6.45, 7) is 2.63. The third-order valence-corrected chi connectivity index (χ3v) is 4.10. The number of ether oxygens (including phenoxy) is 1. The van der Waals surface area contributed by atoms with E-state index in [1.165, 1.54) is 24.3 Å². The summed E-state index contributed by atoms with van der Waals surface area (Å²) >= 11 is 3.17. The molecule has 0 atom stereocenters. The second-order valence-electron chi connectivity index (χ2n) is 5.46. The molecule has 0 aliphatic carbocycles. The zero-order valence-electron chi connectivity index (χ0n) is 14.4. The van der Waals surface area contributed by atoms with Crippen molar-refractivity contribution >= 4 is 39.3 Å². The quantitative estimate of drug-likeness (QED) is 0.297.